The van der Waals surface area contributed by atoms with Crippen molar-refractivity contribution >= 4 is 23.1 Å². The van der Waals surface area contributed by atoms with Crippen LogP contribution in [0, 0.1) is 5.92 Å². The van der Waals surface area contributed by atoms with E-state index in [4.69, 9.17) is 22.7 Å². The first-order valence-corrected chi connectivity index (χ1v) is 7.70. The summed E-state index contributed by atoms with van der Waals surface area (Å²) in [5, 5.41) is 0. The molecule has 110 valence electrons. The largest absolute Gasteiger partial charge is 0.393 e. The number of carbonyl (C=O) groups is 1. The number of hydrogen-bond donors (Lipinski definition) is 1. The van der Waals surface area contributed by atoms with E-state index in [1.165, 1.54) is 0 Å². The van der Waals surface area contributed by atoms with Gasteiger partial charge in [0.1, 0.15) is 0 Å². The van der Waals surface area contributed by atoms with Gasteiger partial charge in [-0.15, -0.1) is 0 Å². The quantitative estimate of drug-likeness (QED) is 0.467. The average molecular weight is 286 g/mol. The molecule has 0 aromatic heterocycles. The standard InChI is InChI=1S/C14H26N2O2S/c1-2-3-10-18-11-4-8-16(9-7-13(15)19)14(17)12-5-6-12/h12H,2-11H2,1H3,(H2,15,19). The molecular formula is C14H26N2O2S. The minimum Gasteiger partial charge on any atom is -0.393 e. The molecule has 0 bridgehead atoms. The Balaban J connectivity index is 2.20. The number of rotatable bonds is 11. The van der Waals surface area contributed by atoms with Gasteiger partial charge in [0.15, 0.2) is 0 Å². The van der Waals surface area contributed by atoms with E-state index in [-0.39, 0.29) is 11.8 Å². The van der Waals surface area contributed by atoms with Gasteiger partial charge in [-0.25, -0.2) is 0 Å². The molecular weight excluding hydrogens is 260 g/mol. The summed E-state index contributed by atoms with van der Waals surface area (Å²) in [7, 11) is 0. The maximum Gasteiger partial charge on any atom is 0.225 e. The number of unbranched alkanes of at least 4 members (excludes halogenated alkanes) is 1. The van der Waals surface area contributed by atoms with Gasteiger partial charge in [0.2, 0.25) is 5.91 Å². The zero-order chi connectivity index (χ0) is 14.1. The predicted molar refractivity (Wildman–Crippen MR) is 81.1 cm³/mol. The average Bonchev–Trinajstić information content (AvgIpc) is 3.20. The molecule has 0 aromatic carbocycles. The third-order valence-corrected chi connectivity index (χ3v) is 3.43. The van der Waals surface area contributed by atoms with Gasteiger partial charge in [0, 0.05) is 38.6 Å². The highest BCUT2D eigenvalue weighted by atomic mass is 32.1. The summed E-state index contributed by atoms with van der Waals surface area (Å²) in [6, 6.07) is 0. The topological polar surface area (TPSA) is 55.6 Å². The SMILES string of the molecule is CCCCOCCCN(CCC(N)=S)C(=O)C1CC1. The molecule has 0 heterocycles. The Morgan fingerprint density at radius 3 is 2.58 bits per heavy atom. The lowest BCUT2D eigenvalue weighted by Gasteiger charge is -2.22. The van der Waals surface area contributed by atoms with Crippen LogP contribution >= 0.6 is 12.2 Å². The second-order valence-electron chi connectivity index (χ2n) is 5.14. The second kappa shape index (κ2) is 9.26. The Bertz CT molecular complexity index is 293. The molecule has 1 amide bonds. The minimum atomic E-state index is 0.257. The first-order valence-electron chi connectivity index (χ1n) is 7.30. The summed E-state index contributed by atoms with van der Waals surface area (Å²) in [5.41, 5.74) is 5.51. The summed E-state index contributed by atoms with van der Waals surface area (Å²) in [6.07, 6.45) is 5.83. The molecule has 0 radical (unpaired) electrons. The van der Waals surface area contributed by atoms with Crippen LogP contribution in [0.4, 0.5) is 0 Å². The molecule has 1 fully saturated rings. The van der Waals surface area contributed by atoms with E-state index in [9.17, 15) is 4.79 Å². The molecule has 0 aliphatic heterocycles. The van der Waals surface area contributed by atoms with Gasteiger partial charge in [0.05, 0.1) is 4.99 Å². The van der Waals surface area contributed by atoms with Crippen LogP contribution in [0.25, 0.3) is 0 Å². The van der Waals surface area contributed by atoms with Crippen LogP contribution in [-0.2, 0) is 9.53 Å². The number of thiocarbonyl (C=S) groups is 1. The first kappa shape index (κ1) is 16.4. The van der Waals surface area contributed by atoms with Crippen molar-refractivity contribution in [2.24, 2.45) is 11.7 Å². The molecule has 0 aromatic rings. The van der Waals surface area contributed by atoms with Gasteiger partial charge in [0.25, 0.3) is 0 Å². The van der Waals surface area contributed by atoms with E-state index in [1.54, 1.807) is 0 Å². The van der Waals surface area contributed by atoms with Gasteiger partial charge in [-0.1, -0.05) is 25.6 Å². The molecule has 1 saturated carbocycles. The van der Waals surface area contributed by atoms with Gasteiger partial charge < -0.3 is 15.4 Å². The van der Waals surface area contributed by atoms with Crippen molar-refractivity contribution in [3.63, 3.8) is 0 Å². The van der Waals surface area contributed by atoms with Crippen LogP contribution in [0.3, 0.4) is 0 Å². The lowest BCUT2D eigenvalue weighted by Crippen LogP contribution is -2.36. The fourth-order valence-corrected chi connectivity index (χ4v) is 1.96. The van der Waals surface area contributed by atoms with E-state index in [1.807, 2.05) is 4.90 Å². The smallest absolute Gasteiger partial charge is 0.225 e. The van der Waals surface area contributed by atoms with Crippen molar-refractivity contribution in [1.82, 2.24) is 4.90 Å². The number of nitrogens with two attached hydrogens (primary N) is 1. The van der Waals surface area contributed by atoms with E-state index in [2.05, 4.69) is 6.92 Å². The number of amides is 1. The van der Waals surface area contributed by atoms with E-state index in [0.717, 1.165) is 51.9 Å². The van der Waals surface area contributed by atoms with Crippen molar-refractivity contribution in [2.45, 2.75) is 45.4 Å². The third-order valence-electron chi connectivity index (χ3n) is 3.23. The molecule has 19 heavy (non-hydrogen) atoms. The number of ether oxygens (including phenoxy) is 1. The Morgan fingerprint density at radius 1 is 1.32 bits per heavy atom. The Hall–Kier alpha value is -0.680. The summed E-state index contributed by atoms with van der Waals surface area (Å²) < 4.78 is 5.52. The lowest BCUT2D eigenvalue weighted by molar-refractivity contribution is -0.132. The highest BCUT2D eigenvalue weighted by Gasteiger charge is 2.32. The van der Waals surface area contributed by atoms with Gasteiger partial charge in [-0.3, -0.25) is 4.79 Å². The predicted octanol–water partition coefficient (Wildman–Crippen LogP) is 2.11. The van der Waals surface area contributed by atoms with Crippen LogP contribution in [-0.4, -0.2) is 42.1 Å². The second-order valence-corrected chi connectivity index (χ2v) is 5.66. The monoisotopic (exact) mass is 286 g/mol. The zero-order valence-electron chi connectivity index (χ0n) is 11.9. The molecule has 0 saturated heterocycles. The molecule has 0 atom stereocenters. The van der Waals surface area contributed by atoms with Crippen molar-refractivity contribution < 1.29 is 9.53 Å². The van der Waals surface area contributed by atoms with Crippen LogP contribution < -0.4 is 5.73 Å². The number of nitrogens with zero attached hydrogens (tertiary/aromatic N) is 1. The van der Waals surface area contributed by atoms with Crippen molar-refractivity contribution in [3.8, 4) is 0 Å². The molecule has 2 N–H and O–H groups in total. The maximum absolute atomic E-state index is 12.1. The highest BCUT2D eigenvalue weighted by molar-refractivity contribution is 7.80. The maximum atomic E-state index is 12.1. The van der Waals surface area contributed by atoms with Crippen molar-refractivity contribution in [1.29, 1.82) is 0 Å². The van der Waals surface area contributed by atoms with E-state index >= 15 is 0 Å². The summed E-state index contributed by atoms with van der Waals surface area (Å²) >= 11 is 4.88. The minimum absolute atomic E-state index is 0.257. The molecule has 5 heteroatoms. The molecule has 1 aliphatic rings. The summed E-state index contributed by atoms with van der Waals surface area (Å²) in [4.78, 5) is 14.5. The molecule has 1 aliphatic carbocycles. The Labute approximate surface area is 121 Å². The van der Waals surface area contributed by atoms with Crippen LogP contribution in [0.1, 0.15) is 45.4 Å². The highest BCUT2D eigenvalue weighted by Crippen LogP contribution is 2.31. The van der Waals surface area contributed by atoms with Crippen molar-refractivity contribution in [3.05, 3.63) is 0 Å². The molecule has 0 unspecified atom stereocenters. The fourth-order valence-electron chi connectivity index (χ4n) is 1.87. The van der Waals surface area contributed by atoms with Crippen LogP contribution in [0.5, 0.6) is 0 Å². The summed E-state index contributed by atoms with van der Waals surface area (Å²) in [5.74, 6) is 0.525. The third kappa shape index (κ3) is 7.47. The number of hydrogen-bond acceptors (Lipinski definition) is 3. The van der Waals surface area contributed by atoms with E-state index < -0.39 is 0 Å². The van der Waals surface area contributed by atoms with Gasteiger partial charge in [-0.05, 0) is 25.7 Å². The first-order chi connectivity index (χ1) is 9.15. The Kier molecular flexibility index (Phi) is 7.98. The lowest BCUT2D eigenvalue weighted by atomic mass is 10.2. The Morgan fingerprint density at radius 2 is 2.00 bits per heavy atom. The fraction of sp³-hybridized carbons (Fsp3) is 0.857. The normalized spacial score (nSPS) is 14.4. The zero-order valence-corrected chi connectivity index (χ0v) is 12.7. The molecule has 1 rings (SSSR count). The molecule has 0 spiro atoms. The van der Waals surface area contributed by atoms with Crippen LogP contribution in [0.15, 0.2) is 0 Å². The van der Waals surface area contributed by atoms with Gasteiger partial charge in [-0.2, -0.15) is 0 Å². The summed E-state index contributed by atoms with van der Waals surface area (Å²) in [6.45, 7) is 5.10. The molecule has 4 nitrogen and oxygen atoms in total. The number of carbonyl (C=O) groups excluding carboxylic acids is 1. The van der Waals surface area contributed by atoms with Gasteiger partial charge >= 0.3 is 0 Å². The van der Waals surface area contributed by atoms with Crippen LogP contribution in [0.2, 0.25) is 0 Å². The van der Waals surface area contributed by atoms with Crippen molar-refractivity contribution in [2.75, 3.05) is 26.3 Å². The van der Waals surface area contributed by atoms with E-state index in [0.29, 0.717) is 18.0 Å².